The second-order valence-corrected chi connectivity index (χ2v) is 7.89. The molecule has 0 aliphatic rings. The quantitative estimate of drug-likeness (QED) is 0.813. The number of hydrogen-bond donors (Lipinski definition) is 1. The Morgan fingerprint density at radius 2 is 1.83 bits per heavy atom. The molecule has 3 heteroatoms. The summed E-state index contributed by atoms with van der Waals surface area (Å²) in [5, 5.41) is 3.45. The van der Waals surface area contributed by atoms with Gasteiger partial charge in [-0.2, -0.15) is 0 Å². The topological polar surface area (TPSA) is 12.9 Å². The maximum Gasteiger partial charge on any atom is 0.0931 e. The van der Waals surface area contributed by atoms with Crippen molar-refractivity contribution in [1.29, 1.82) is 0 Å². The van der Waals surface area contributed by atoms with Crippen LogP contribution in [0.5, 0.6) is 0 Å². The third-order valence-electron chi connectivity index (χ3n) is 3.04. The molecule has 0 aliphatic heterocycles. The summed E-state index contributed by atoms with van der Waals surface area (Å²) < 4.78 is 0. The van der Waals surface area contributed by atoms with Crippen molar-refractivity contribution in [2.75, 3.05) is 12.5 Å². The molecule has 0 saturated heterocycles. The van der Waals surface area contributed by atoms with E-state index in [4.69, 9.17) is 0 Å². The van der Waals surface area contributed by atoms with Crippen LogP contribution in [0, 0.1) is 0 Å². The van der Waals surface area contributed by atoms with Gasteiger partial charge in [-0.1, -0.05) is 31.2 Å². The second kappa shape index (κ2) is 6.39. The van der Waals surface area contributed by atoms with Crippen LogP contribution in [0.3, 0.4) is 0 Å². The number of hydrogen-bond acceptors (Lipinski definition) is 2. The summed E-state index contributed by atoms with van der Waals surface area (Å²) in [7, 11) is 0.0297. The molecule has 0 unspecified atom stereocenters. The van der Waals surface area contributed by atoms with E-state index < -0.39 is 0 Å². The van der Waals surface area contributed by atoms with E-state index in [0.717, 1.165) is 19.3 Å². The lowest BCUT2D eigenvalue weighted by Crippen LogP contribution is -1.91. The van der Waals surface area contributed by atoms with E-state index in [-0.39, 0.29) is 10.9 Å². The molecule has 0 radical (unpaired) electrons. The van der Waals surface area contributed by atoms with Gasteiger partial charge in [0.25, 0.3) is 0 Å². The van der Waals surface area contributed by atoms with Crippen molar-refractivity contribution in [3.63, 3.8) is 0 Å². The van der Waals surface area contributed by atoms with Gasteiger partial charge in [-0.3, -0.25) is 0 Å². The first-order chi connectivity index (χ1) is 8.69. The lowest BCUT2D eigenvalue weighted by atomic mass is 10.1. The average molecular weight is 279 g/mol. The fraction of sp³-hybridized carbons (Fsp3) is 0.400. The zero-order valence-electron chi connectivity index (χ0n) is 11.3. The zero-order chi connectivity index (χ0) is 13.0. The molecule has 2 aromatic rings. The molecule has 0 amide bonds. The summed E-state index contributed by atoms with van der Waals surface area (Å²) >= 11 is 1.79. The van der Waals surface area contributed by atoms with Crippen LogP contribution >= 0.6 is 22.2 Å². The highest BCUT2D eigenvalue weighted by Crippen LogP contribution is 2.28. The van der Waals surface area contributed by atoms with Gasteiger partial charge in [0, 0.05) is 11.8 Å². The van der Waals surface area contributed by atoms with Crippen LogP contribution in [0.15, 0.2) is 34.5 Å². The van der Waals surface area contributed by atoms with Crippen LogP contribution in [0.2, 0.25) is 0 Å². The van der Waals surface area contributed by atoms with Gasteiger partial charge in [-0.05, 0) is 35.8 Å². The number of thiazole rings is 1. The van der Waals surface area contributed by atoms with E-state index in [1.54, 1.807) is 11.3 Å². The predicted molar refractivity (Wildman–Crippen MR) is 84.4 cm³/mol. The van der Waals surface area contributed by atoms with Crippen molar-refractivity contribution >= 4 is 22.2 Å². The van der Waals surface area contributed by atoms with Crippen molar-refractivity contribution in [2.45, 2.75) is 31.1 Å². The fourth-order valence-corrected chi connectivity index (χ4v) is 3.46. The summed E-state index contributed by atoms with van der Waals surface area (Å²) in [5.41, 5.74) is 2.65. The van der Waals surface area contributed by atoms with Gasteiger partial charge in [-0.15, -0.1) is 11.3 Å². The predicted octanol–water partition coefficient (Wildman–Crippen LogP) is 4.11. The summed E-state index contributed by atoms with van der Waals surface area (Å²) in [5.74, 6) is 0. The minimum absolute atomic E-state index is 0.0297. The molecule has 0 fully saturated rings. The number of nitrogens with zero attached hydrogens (tertiary/aromatic N) is 1. The summed E-state index contributed by atoms with van der Waals surface area (Å²) in [6, 6.07) is 9.10. The van der Waals surface area contributed by atoms with Crippen molar-refractivity contribution in [1.82, 2.24) is 4.98 Å². The summed E-state index contributed by atoms with van der Waals surface area (Å²) in [6.07, 6.45) is 7.81. The molecule has 98 valence electrons. The van der Waals surface area contributed by atoms with Gasteiger partial charge >= 0.3 is 0 Å². The molecule has 0 atom stereocenters. The van der Waals surface area contributed by atoms with Gasteiger partial charge in [0.15, 0.2) is 0 Å². The van der Waals surface area contributed by atoms with E-state index in [0.29, 0.717) is 0 Å². The van der Waals surface area contributed by atoms with E-state index in [1.807, 2.05) is 0 Å². The Morgan fingerprint density at radius 1 is 1.11 bits per heavy atom. The van der Waals surface area contributed by atoms with Crippen LogP contribution in [0.1, 0.15) is 23.2 Å². The molecule has 0 saturated carbocycles. The molecule has 0 N–H and O–H groups in total. The fourth-order valence-electron chi connectivity index (χ4n) is 1.84. The standard InChI is InChI=1S/C15H21NS2/c1-4-13-11-17-15(16-13)10-7-12-5-8-14(9-6-12)18(2)3/h5-6,8-9,11,18H,4,7,10H2,1-3H3. The first kappa shape index (κ1) is 13.6. The van der Waals surface area contributed by atoms with Gasteiger partial charge in [-0.25, -0.2) is 15.9 Å². The molecule has 1 heterocycles. The Labute approximate surface area is 117 Å². The molecule has 1 aromatic carbocycles. The molecule has 0 aliphatic carbocycles. The van der Waals surface area contributed by atoms with Crippen LogP contribution < -0.4 is 0 Å². The maximum absolute atomic E-state index is 4.61. The van der Waals surface area contributed by atoms with E-state index in [2.05, 4.69) is 54.1 Å². The Balaban J connectivity index is 1.93. The minimum Gasteiger partial charge on any atom is -0.246 e. The molecule has 1 aromatic heterocycles. The Bertz CT molecular complexity index is 485. The van der Waals surface area contributed by atoms with Gasteiger partial charge in [0.2, 0.25) is 0 Å². The average Bonchev–Trinajstić information content (AvgIpc) is 2.85. The highest BCUT2D eigenvalue weighted by molar-refractivity contribution is 8.15. The number of rotatable bonds is 5. The summed E-state index contributed by atoms with van der Waals surface area (Å²) in [6.45, 7) is 2.16. The van der Waals surface area contributed by atoms with Crippen molar-refractivity contribution < 1.29 is 0 Å². The van der Waals surface area contributed by atoms with E-state index in [9.17, 15) is 0 Å². The van der Waals surface area contributed by atoms with Crippen molar-refractivity contribution in [2.24, 2.45) is 0 Å². The van der Waals surface area contributed by atoms with Gasteiger partial charge in [0.05, 0.1) is 10.7 Å². The normalized spacial score (nSPS) is 11.6. The second-order valence-electron chi connectivity index (χ2n) is 4.65. The van der Waals surface area contributed by atoms with E-state index in [1.165, 1.54) is 21.2 Å². The highest BCUT2D eigenvalue weighted by atomic mass is 32.2. The van der Waals surface area contributed by atoms with Crippen LogP contribution in [-0.4, -0.2) is 17.5 Å². The molecule has 0 bridgehead atoms. The number of aryl methyl sites for hydroxylation is 3. The maximum atomic E-state index is 4.61. The summed E-state index contributed by atoms with van der Waals surface area (Å²) in [4.78, 5) is 6.09. The van der Waals surface area contributed by atoms with Crippen LogP contribution in [0.4, 0.5) is 0 Å². The van der Waals surface area contributed by atoms with Crippen molar-refractivity contribution in [3.8, 4) is 0 Å². The third-order valence-corrected chi connectivity index (χ3v) is 5.33. The van der Waals surface area contributed by atoms with Gasteiger partial charge in [0.1, 0.15) is 0 Å². The number of thiol groups is 1. The van der Waals surface area contributed by atoms with Crippen LogP contribution in [0.25, 0.3) is 0 Å². The first-order valence-electron chi connectivity index (χ1n) is 6.38. The van der Waals surface area contributed by atoms with Crippen LogP contribution in [-0.2, 0) is 19.3 Å². The molecule has 1 nitrogen and oxygen atoms in total. The smallest absolute Gasteiger partial charge is 0.0931 e. The molecule has 18 heavy (non-hydrogen) atoms. The highest BCUT2D eigenvalue weighted by Gasteiger charge is 2.02. The Kier molecular flexibility index (Phi) is 4.84. The lowest BCUT2D eigenvalue weighted by Gasteiger charge is -2.09. The van der Waals surface area contributed by atoms with E-state index >= 15 is 0 Å². The van der Waals surface area contributed by atoms with Crippen molar-refractivity contribution in [3.05, 3.63) is 45.9 Å². The minimum atomic E-state index is 0.0297. The first-order valence-corrected chi connectivity index (χ1v) is 9.50. The Hall–Kier alpha value is -0.800. The zero-order valence-corrected chi connectivity index (χ0v) is 13.0. The third kappa shape index (κ3) is 3.59. The molecular weight excluding hydrogens is 258 g/mol. The lowest BCUT2D eigenvalue weighted by molar-refractivity contribution is 0.921. The number of benzene rings is 1. The SMILES string of the molecule is CCc1csc(CCc2ccc([SH](C)C)cc2)n1. The van der Waals surface area contributed by atoms with Gasteiger partial charge < -0.3 is 0 Å². The monoisotopic (exact) mass is 279 g/mol. The molecule has 0 spiro atoms. The molecule has 2 rings (SSSR count). The largest absolute Gasteiger partial charge is 0.246 e. The Morgan fingerprint density at radius 3 is 2.39 bits per heavy atom. The number of aromatic nitrogens is 1. The molecular formula is C15H21NS2.